The molecule has 2 amide bonds. The van der Waals surface area contributed by atoms with Crippen molar-refractivity contribution in [1.82, 2.24) is 5.32 Å². The molecule has 21 heavy (non-hydrogen) atoms. The van der Waals surface area contributed by atoms with Crippen molar-refractivity contribution in [1.29, 1.82) is 0 Å². The average molecular weight is 291 g/mol. The SMILES string of the molecule is COc1ccc(NC(C)=O)cc1NC(=O)[C@@H]1CCCNC1. The van der Waals surface area contributed by atoms with Gasteiger partial charge < -0.3 is 20.7 Å². The van der Waals surface area contributed by atoms with E-state index in [1.807, 2.05) is 0 Å². The molecular weight excluding hydrogens is 270 g/mol. The molecule has 1 aromatic carbocycles. The Labute approximate surface area is 124 Å². The number of nitrogens with one attached hydrogen (secondary N) is 3. The van der Waals surface area contributed by atoms with E-state index in [9.17, 15) is 9.59 Å². The number of methoxy groups -OCH3 is 1. The van der Waals surface area contributed by atoms with Gasteiger partial charge in [0.1, 0.15) is 5.75 Å². The van der Waals surface area contributed by atoms with Crippen LogP contribution in [-0.2, 0) is 9.59 Å². The van der Waals surface area contributed by atoms with E-state index in [1.165, 1.54) is 6.92 Å². The van der Waals surface area contributed by atoms with Gasteiger partial charge in [-0.3, -0.25) is 9.59 Å². The molecule has 1 aliphatic rings. The van der Waals surface area contributed by atoms with E-state index >= 15 is 0 Å². The number of amides is 2. The fourth-order valence-electron chi connectivity index (χ4n) is 2.40. The topological polar surface area (TPSA) is 79.5 Å². The van der Waals surface area contributed by atoms with E-state index in [-0.39, 0.29) is 17.7 Å². The maximum Gasteiger partial charge on any atom is 0.228 e. The maximum absolute atomic E-state index is 12.3. The van der Waals surface area contributed by atoms with Crippen molar-refractivity contribution in [2.75, 3.05) is 30.8 Å². The van der Waals surface area contributed by atoms with Gasteiger partial charge in [0.15, 0.2) is 0 Å². The Balaban J connectivity index is 2.12. The summed E-state index contributed by atoms with van der Waals surface area (Å²) in [7, 11) is 1.55. The van der Waals surface area contributed by atoms with Crippen LogP contribution in [0.15, 0.2) is 18.2 Å². The number of piperidine rings is 1. The molecule has 1 aliphatic heterocycles. The first-order chi connectivity index (χ1) is 10.1. The van der Waals surface area contributed by atoms with Gasteiger partial charge in [-0.25, -0.2) is 0 Å². The molecule has 114 valence electrons. The van der Waals surface area contributed by atoms with Crippen molar-refractivity contribution >= 4 is 23.2 Å². The summed E-state index contributed by atoms with van der Waals surface area (Å²) in [6, 6.07) is 5.16. The molecule has 1 atom stereocenters. The van der Waals surface area contributed by atoms with E-state index in [0.717, 1.165) is 19.4 Å². The van der Waals surface area contributed by atoms with Crippen LogP contribution in [0.4, 0.5) is 11.4 Å². The zero-order chi connectivity index (χ0) is 15.2. The first kappa shape index (κ1) is 15.3. The molecule has 1 aromatic rings. The molecule has 1 heterocycles. The van der Waals surface area contributed by atoms with Gasteiger partial charge in [0.05, 0.1) is 18.7 Å². The highest BCUT2D eigenvalue weighted by Crippen LogP contribution is 2.28. The lowest BCUT2D eigenvalue weighted by atomic mass is 9.99. The lowest BCUT2D eigenvalue weighted by Gasteiger charge is -2.22. The van der Waals surface area contributed by atoms with E-state index in [0.29, 0.717) is 23.7 Å². The number of ether oxygens (including phenoxy) is 1. The summed E-state index contributed by atoms with van der Waals surface area (Å²) in [4.78, 5) is 23.4. The van der Waals surface area contributed by atoms with Crippen LogP contribution < -0.4 is 20.7 Å². The molecular formula is C15H21N3O3. The number of rotatable bonds is 4. The quantitative estimate of drug-likeness (QED) is 0.787. The van der Waals surface area contributed by atoms with Crippen molar-refractivity contribution in [3.63, 3.8) is 0 Å². The predicted molar refractivity (Wildman–Crippen MR) is 81.5 cm³/mol. The van der Waals surface area contributed by atoms with E-state index in [1.54, 1.807) is 25.3 Å². The summed E-state index contributed by atoms with van der Waals surface area (Å²) in [5.74, 6) is 0.350. The largest absolute Gasteiger partial charge is 0.495 e. The number of benzene rings is 1. The minimum Gasteiger partial charge on any atom is -0.495 e. The van der Waals surface area contributed by atoms with Gasteiger partial charge in [-0.15, -0.1) is 0 Å². The Bertz CT molecular complexity index is 525. The van der Waals surface area contributed by atoms with Gasteiger partial charge in [0.25, 0.3) is 0 Å². The lowest BCUT2D eigenvalue weighted by Crippen LogP contribution is -2.37. The molecule has 6 nitrogen and oxygen atoms in total. The summed E-state index contributed by atoms with van der Waals surface area (Å²) >= 11 is 0. The standard InChI is InChI=1S/C15H21N3O3/c1-10(19)17-12-5-6-14(21-2)13(8-12)18-15(20)11-4-3-7-16-9-11/h5-6,8,11,16H,3-4,7,9H2,1-2H3,(H,17,19)(H,18,20)/t11-/m1/s1. The second-order valence-electron chi connectivity index (χ2n) is 5.13. The van der Waals surface area contributed by atoms with Crippen molar-refractivity contribution in [2.45, 2.75) is 19.8 Å². The van der Waals surface area contributed by atoms with Crippen molar-refractivity contribution in [3.8, 4) is 5.75 Å². The highest BCUT2D eigenvalue weighted by Gasteiger charge is 2.21. The summed E-state index contributed by atoms with van der Waals surface area (Å²) in [5, 5.41) is 8.80. The van der Waals surface area contributed by atoms with Crippen molar-refractivity contribution in [3.05, 3.63) is 18.2 Å². The molecule has 0 aromatic heterocycles. The molecule has 0 radical (unpaired) electrons. The van der Waals surface area contributed by atoms with Crippen molar-refractivity contribution < 1.29 is 14.3 Å². The zero-order valence-corrected chi connectivity index (χ0v) is 12.4. The van der Waals surface area contributed by atoms with Crippen LogP contribution in [-0.4, -0.2) is 32.0 Å². The average Bonchev–Trinajstić information content (AvgIpc) is 2.48. The molecule has 0 bridgehead atoms. The third-order valence-corrected chi connectivity index (χ3v) is 3.45. The third-order valence-electron chi connectivity index (χ3n) is 3.45. The Morgan fingerprint density at radius 2 is 2.14 bits per heavy atom. The normalized spacial score (nSPS) is 17.9. The Kier molecular flexibility index (Phi) is 5.16. The number of hydrogen-bond donors (Lipinski definition) is 3. The van der Waals surface area contributed by atoms with Crippen LogP contribution >= 0.6 is 0 Å². The fourth-order valence-corrected chi connectivity index (χ4v) is 2.40. The zero-order valence-electron chi connectivity index (χ0n) is 12.4. The summed E-state index contributed by atoms with van der Waals surface area (Å²) in [6.07, 6.45) is 1.88. The predicted octanol–water partition coefficient (Wildman–Crippen LogP) is 1.59. The monoisotopic (exact) mass is 291 g/mol. The molecule has 0 saturated carbocycles. The summed E-state index contributed by atoms with van der Waals surface area (Å²) in [6.45, 7) is 3.10. The van der Waals surface area contributed by atoms with Gasteiger partial charge >= 0.3 is 0 Å². The van der Waals surface area contributed by atoms with Gasteiger partial charge in [-0.1, -0.05) is 0 Å². The molecule has 3 N–H and O–H groups in total. The van der Waals surface area contributed by atoms with Crippen LogP contribution in [0.25, 0.3) is 0 Å². The highest BCUT2D eigenvalue weighted by atomic mass is 16.5. The van der Waals surface area contributed by atoms with Crippen molar-refractivity contribution in [2.24, 2.45) is 5.92 Å². The molecule has 0 aliphatic carbocycles. The van der Waals surface area contributed by atoms with Gasteiger partial charge in [-0.2, -0.15) is 0 Å². The second-order valence-corrected chi connectivity index (χ2v) is 5.13. The van der Waals surface area contributed by atoms with Crippen LogP contribution in [0, 0.1) is 5.92 Å². The number of anilines is 2. The minimum atomic E-state index is -0.158. The number of carbonyl (C=O) groups excluding carboxylic acids is 2. The fraction of sp³-hybridized carbons (Fsp3) is 0.467. The number of carbonyl (C=O) groups is 2. The van der Waals surface area contributed by atoms with Gasteiger partial charge in [0, 0.05) is 19.2 Å². The van der Waals surface area contributed by atoms with Gasteiger partial charge in [-0.05, 0) is 37.6 Å². The summed E-state index contributed by atoms with van der Waals surface area (Å²) < 4.78 is 5.25. The Morgan fingerprint density at radius 3 is 2.76 bits per heavy atom. The minimum absolute atomic E-state index is 0.0273. The Hall–Kier alpha value is -2.08. The first-order valence-electron chi connectivity index (χ1n) is 7.07. The Morgan fingerprint density at radius 1 is 1.33 bits per heavy atom. The van der Waals surface area contributed by atoms with Crippen LogP contribution in [0.1, 0.15) is 19.8 Å². The smallest absolute Gasteiger partial charge is 0.228 e. The third kappa shape index (κ3) is 4.19. The van der Waals surface area contributed by atoms with Crippen LogP contribution in [0.5, 0.6) is 5.75 Å². The van der Waals surface area contributed by atoms with E-state index in [4.69, 9.17) is 4.74 Å². The van der Waals surface area contributed by atoms with Crippen LogP contribution in [0.3, 0.4) is 0 Å². The molecule has 1 fully saturated rings. The maximum atomic E-state index is 12.3. The highest BCUT2D eigenvalue weighted by molar-refractivity contribution is 5.96. The molecule has 0 unspecified atom stereocenters. The summed E-state index contributed by atoms with van der Waals surface area (Å²) in [5.41, 5.74) is 1.19. The van der Waals surface area contributed by atoms with E-state index < -0.39 is 0 Å². The van der Waals surface area contributed by atoms with Crippen LogP contribution in [0.2, 0.25) is 0 Å². The second kappa shape index (κ2) is 7.08. The lowest BCUT2D eigenvalue weighted by molar-refractivity contribution is -0.120. The number of hydrogen-bond acceptors (Lipinski definition) is 4. The molecule has 2 rings (SSSR count). The van der Waals surface area contributed by atoms with Gasteiger partial charge in [0.2, 0.25) is 11.8 Å². The molecule has 1 saturated heterocycles. The van der Waals surface area contributed by atoms with E-state index in [2.05, 4.69) is 16.0 Å². The first-order valence-corrected chi connectivity index (χ1v) is 7.07. The molecule has 0 spiro atoms. The molecule has 6 heteroatoms.